The number of carbonyl (C=O) groups excluding carboxylic acids is 3. The van der Waals surface area contributed by atoms with Gasteiger partial charge in [-0.2, -0.15) is 0 Å². The van der Waals surface area contributed by atoms with Gasteiger partial charge in [0.15, 0.2) is 0 Å². The number of piperazine rings is 1. The van der Waals surface area contributed by atoms with E-state index >= 15 is 0 Å². The Labute approximate surface area is 263 Å². The number of rotatable bonds is 8. The fraction of sp³-hybridized carbons (Fsp3) is 0.343. The van der Waals surface area contributed by atoms with Crippen LogP contribution in [0.15, 0.2) is 78.9 Å². The van der Waals surface area contributed by atoms with Gasteiger partial charge in [-0.3, -0.25) is 14.4 Å². The summed E-state index contributed by atoms with van der Waals surface area (Å²) in [7, 11) is 0. The van der Waals surface area contributed by atoms with Gasteiger partial charge in [-0.1, -0.05) is 48.0 Å². The van der Waals surface area contributed by atoms with Crippen LogP contribution in [0.1, 0.15) is 43.8 Å². The molecule has 0 aliphatic carbocycles. The highest BCUT2D eigenvalue weighted by Crippen LogP contribution is 2.30. The largest absolute Gasteiger partial charge is 0.331 e. The number of nitrogens with zero attached hydrogens (tertiary/aromatic N) is 4. The SMILES string of the molecule is O=C(c1ccc(CN2C(=O)CN(C(=O)c3ccc(Cl)cc3)Cc3ccc(CCCN4CCNCC4)cc32)cc1)N1CC=CC1. The third-order valence-electron chi connectivity index (χ3n) is 8.60. The monoisotopic (exact) mass is 611 g/mol. The summed E-state index contributed by atoms with van der Waals surface area (Å²) in [5.74, 6) is -0.353. The molecule has 3 aliphatic rings. The maximum atomic E-state index is 13.9. The number of amides is 3. The molecule has 3 aliphatic heterocycles. The van der Waals surface area contributed by atoms with Crippen LogP contribution in [0.5, 0.6) is 0 Å². The van der Waals surface area contributed by atoms with Crippen molar-refractivity contribution >= 4 is 35.0 Å². The van der Waals surface area contributed by atoms with Crippen molar-refractivity contribution in [3.63, 3.8) is 0 Å². The summed E-state index contributed by atoms with van der Waals surface area (Å²) >= 11 is 6.05. The zero-order valence-electron chi connectivity index (χ0n) is 24.9. The van der Waals surface area contributed by atoms with E-state index in [1.807, 2.05) is 36.4 Å². The summed E-state index contributed by atoms with van der Waals surface area (Å²) in [6, 6.07) is 20.6. The summed E-state index contributed by atoms with van der Waals surface area (Å²) in [4.78, 5) is 47.9. The Bertz CT molecular complexity index is 1520. The third kappa shape index (κ3) is 7.04. The van der Waals surface area contributed by atoms with Gasteiger partial charge in [0.25, 0.3) is 11.8 Å². The first-order chi connectivity index (χ1) is 21.4. The minimum Gasteiger partial charge on any atom is -0.331 e. The standard InChI is InChI=1S/C35H38ClN5O3/c36-31-13-11-29(12-14-31)35(44)40-24-30-10-5-26(4-3-17-38-20-15-37-16-21-38)22-32(30)41(33(42)25-40)23-27-6-8-28(9-7-27)34(43)39-18-1-2-19-39/h1-2,5-14,22,37H,3-4,15-21,23-25H2. The lowest BCUT2D eigenvalue weighted by Crippen LogP contribution is -2.43. The molecule has 3 heterocycles. The highest BCUT2D eigenvalue weighted by Gasteiger charge is 2.30. The Morgan fingerprint density at radius 1 is 0.773 bits per heavy atom. The van der Waals surface area contributed by atoms with Gasteiger partial charge in [-0.05, 0) is 78.5 Å². The van der Waals surface area contributed by atoms with Gasteiger partial charge < -0.3 is 24.9 Å². The molecular formula is C35H38ClN5O3. The number of anilines is 1. The van der Waals surface area contributed by atoms with E-state index in [0.717, 1.165) is 62.4 Å². The highest BCUT2D eigenvalue weighted by molar-refractivity contribution is 6.30. The first-order valence-electron chi connectivity index (χ1n) is 15.4. The lowest BCUT2D eigenvalue weighted by atomic mass is 10.0. The van der Waals surface area contributed by atoms with Crippen LogP contribution < -0.4 is 10.2 Å². The molecule has 1 saturated heterocycles. The molecule has 44 heavy (non-hydrogen) atoms. The minimum atomic E-state index is -0.206. The van der Waals surface area contributed by atoms with Crippen LogP contribution in [0.4, 0.5) is 5.69 Å². The third-order valence-corrected chi connectivity index (χ3v) is 8.86. The first-order valence-corrected chi connectivity index (χ1v) is 15.8. The van der Waals surface area contributed by atoms with Crippen molar-refractivity contribution in [3.8, 4) is 0 Å². The second-order valence-electron chi connectivity index (χ2n) is 11.7. The average Bonchev–Trinajstić information content (AvgIpc) is 3.55. The zero-order chi connectivity index (χ0) is 30.5. The Kier molecular flexibility index (Phi) is 9.40. The molecule has 3 aromatic carbocycles. The van der Waals surface area contributed by atoms with Gasteiger partial charge in [-0.25, -0.2) is 0 Å². The summed E-state index contributed by atoms with van der Waals surface area (Å²) in [5.41, 5.74) is 4.99. The maximum absolute atomic E-state index is 13.9. The molecule has 0 bridgehead atoms. The van der Waals surface area contributed by atoms with E-state index in [1.54, 1.807) is 39.0 Å². The van der Waals surface area contributed by atoms with E-state index in [9.17, 15) is 14.4 Å². The van der Waals surface area contributed by atoms with Gasteiger partial charge in [0.1, 0.15) is 6.54 Å². The molecule has 3 amide bonds. The average molecular weight is 612 g/mol. The van der Waals surface area contributed by atoms with Crippen LogP contribution >= 0.6 is 11.6 Å². The molecular weight excluding hydrogens is 574 g/mol. The van der Waals surface area contributed by atoms with Crippen LogP contribution in [0, 0.1) is 0 Å². The topological polar surface area (TPSA) is 76.2 Å². The van der Waals surface area contributed by atoms with Gasteiger partial charge in [0, 0.05) is 67.7 Å². The van der Waals surface area contributed by atoms with E-state index in [0.29, 0.717) is 42.3 Å². The zero-order valence-corrected chi connectivity index (χ0v) is 25.6. The Morgan fingerprint density at radius 3 is 2.11 bits per heavy atom. The Hall–Kier alpha value is -3.98. The van der Waals surface area contributed by atoms with Crippen molar-refractivity contribution in [3.05, 3.63) is 112 Å². The van der Waals surface area contributed by atoms with Crippen molar-refractivity contribution in [2.24, 2.45) is 0 Å². The summed E-state index contributed by atoms with van der Waals surface area (Å²) < 4.78 is 0. The van der Waals surface area contributed by atoms with Crippen LogP contribution in [-0.4, -0.2) is 84.8 Å². The van der Waals surface area contributed by atoms with E-state index in [4.69, 9.17) is 11.6 Å². The first kappa shape index (κ1) is 30.1. The van der Waals surface area contributed by atoms with E-state index in [1.165, 1.54) is 5.56 Å². The van der Waals surface area contributed by atoms with Crippen molar-refractivity contribution < 1.29 is 14.4 Å². The Morgan fingerprint density at radius 2 is 1.41 bits per heavy atom. The number of hydrogen-bond acceptors (Lipinski definition) is 5. The molecule has 1 N–H and O–H groups in total. The number of fused-ring (bicyclic) bond motifs is 1. The molecule has 1 fully saturated rings. The quantitative estimate of drug-likeness (QED) is 0.383. The van der Waals surface area contributed by atoms with Crippen LogP contribution in [-0.2, 0) is 24.3 Å². The molecule has 9 heteroatoms. The minimum absolute atomic E-state index is 0.000411. The van der Waals surface area contributed by atoms with E-state index < -0.39 is 0 Å². The lowest BCUT2D eigenvalue weighted by Gasteiger charge is -2.27. The molecule has 0 saturated carbocycles. The van der Waals surface area contributed by atoms with E-state index in [-0.39, 0.29) is 24.3 Å². The summed E-state index contributed by atoms with van der Waals surface area (Å²) in [6.07, 6.45) is 5.94. The fourth-order valence-corrected chi connectivity index (χ4v) is 6.22. The number of nitrogens with one attached hydrogen (secondary N) is 1. The number of hydrogen-bond donors (Lipinski definition) is 1. The number of halogens is 1. The summed E-state index contributed by atoms with van der Waals surface area (Å²) in [6.45, 7) is 7.15. The molecule has 0 radical (unpaired) electrons. The normalized spacial score (nSPS) is 17.1. The molecule has 0 atom stereocenters. The second-order valence-corrected chi connectivity index (χ2v) is 12.1. The van der Waals surface area contributed by atoms with Crippen LogP contribution in [0.2, 0.25) is 5.02 Å². The highest BCUT2D eigenvalue weighted by atomic mass is 35.5. The smallest absolute Gasteiger partial charge is 0.254 e. The van der Waals surface area contributed by atoms with Gasteiger partial charge in [0.2, 0.25) is 5.91 Å². The van der Waals surface area contributed by atoms with Crippen molar-refractivity contribution in [1.82, 2.24) is 20.0 Å². The van der Waals surface area contributed by atoms with Crippen LogP contribution in [0.25, 0.3) is 0 Å². The molecule has 3 aromatic rings. The fourth-order valence-electron chi connectivity index (χ4n) is 6.09. The van der Waals surface area contributed by atoms with E-state index in [2.05, 4.69) is 28.4 Å². The van der Waals surface area contributed by atoms with Gasteiger partial charge in [0.05, 0.1) is 6.54 Å². The molecule has 0 unspecified atom stereocenters. The predicted octanol–water partition coefficient (Wildman–Crippen LogP) is 4.38. The van der Waals surface area contributed by atoms with Crippen molar-refractivity contribution in [2.45, 2.75) is 25.9 Å². The lowest BCUT2D eigenvalue weighted by molar-refractivity contribution is -0.119. The molecule has 6 rings (SSSR count). The Balaban J connectivity index is 1.23. The van der Waals surface area contributed by atoms with Crippen molar-refractivity contribution in [1.29, 1.82) is 0 Å². The predicted molar refractivity (Wildman–Crippen MR) is 173 cm³/mol. The van der Waals surface area contributed by atoms with Gasteiger partial charge >= 0.3 is 0 Å². The van der Waals surface area contributed by atoms with Crippen molar-refractivity contribution in [2.75, 3.05) is 57.3 Å². The number of benzene rings is 3. The number of aryl methyl sites for hydroxylation is 1. The molecule has 8 nitrogen and oxygen atoms in total. The van der Waals surface area contributed by atoms with Crippen LogP contribution in [0.3, 0.4) is 0 Å². The molecule has 0 spiro atoms. The second kappa shape index (κ2) is 13.8. The summed E-state index contributed by atoms with van der Waals surface area (Å²) in [5, 5.41) is 3.96. The molecule has 0 aromatic heterocycles. The maximum Gasteiger partial charge on any atom is 0.254 e. The molecule has 228 valence electrons. The number of carbonyl (C=O) groups is 3. The van der Waals surface area contributed by atoms with Gasteiger partial charge in [-0.15, -0.1) is 0 Å².